The number of rotatable bonds is 3. The zero-order valence-corrected chi connectivity index (χ0v) is 13.8. The van der Waals surface area contributed by atoms with E-state index in [1.807, 2.05) is 11.9 Å². The minimum absolute atomic E-state index is 0.0973. The van der Waals surface area contributed by atoms with Crippen molar-refractivity contribution >= 4 is 27.4 Å². The molecular weight excluding hydrogens is 308 g/mol. The average molecular weight is 328 g/mol. The van der Waals surface area contributed by atoms with Gasteiger partial charge in [0.15, 0.2) is 5.11 Å². The van der Waals surface area contributed by atoms with Crippen molar-refractivity contribution in [1.29, 1.82) is 0 Å². The van der Waals surface area contributed by atoms with E-state index in [0.717, 1.165) is 31.7 Å². The van der Waals surface area contributed by atoms with Gasteiger partial charge in [0.2, 0.25) is 0 Å². The molecule has 116 valence electrons. The molecule has 0 unspecified atom stereocenters. The first-order chi connectivity index (χ1) is 9.87. The van der Waals surface area contributed by atoms with Crippen molar-refractivity contribution < 1.29 is 8.42 Å². The van der Waals surface area contributed by atoms with Gasteiger partial charge in [-0.2, -0.15) is 0 Å². The first-order valence-electron chi connectivity index (χ1n) is 6.70. The van der Waals surface area contributed by atoms with Crippen LogP contribution >= 0.6 is 12.2 Å². The fourth-order valence-corrected chi connectivity index (χ4v) is 3.34. The number of nitrogens with one attached hydrogen (secondary N) is 2. The molecule has 0 spiro atoms. The number of hydrazine groups is 1. The number of sulfonamides is 1. The summed E-state index contributed by atoms with van der Waals surface area (Å²) in [5.41, 5.74) is 3.93. The third kappa shape index (κ3) is 4.63. The van der Waals surface area contributed by atoms with Crippen molar-refractivity contribution in [3.05, 3.63) is 29.8 Å². The molecule has 0 amide bonds. The summed E-state index contributed by atoms with van der Waals surface area (Å²) in [5.74, 6) is 0. The number of thiocarbonyl (C=S) groups is 1. The van der Waals surface area contributed by atoms with Crippen LogP contribution in [-0.4, -0.2) is 56.7 Å². The van der Waals surface area contributed by atoms with Gasteiger partial charge in [0.05, 0.1) is 4.90 Å². The van der Waals surface area contributed by atoms with E-state index in [9.17, 15) is 8.42 Å². The molecule has 21 heavy (non-hydrogen) atoms. The summed E-state index contributed by atoms with van der Waals surface area (Å²) in [6.45, 7) is 5.33. The Labute approximate surface area is 131 Å². The standard InChI is InChI=1S/C13H20N4O2S2/c1-11-3-5-12(6-4-11)21(18,19)15-13(20)14-17-9-7-16(2)8-10-17/h3-6H,7-10H2,1-2H3,(H2,14,15,20). The molecule has 8 heteroatoms. The minimum atomic E-state index is -3.63. The second-order valence-corrected chi connectivity index (χ2v) is 7.24. The van der Waals surface area contributed by atoms with Crippen LogP contribution in [0.2, 0.25) is 0 Å². The molecule has 1 aliphatic rings. The van der Waals surface area contributed by atoms with E-state index in [-0.39, 0.29) is 10.0 Å². The van der Waals surface area contributed by atoms with E-state index in [1.165, 1.54) is 0 Å². The summed E-state index contributed by atoms with van der Waals surface area (Å²) >= 11 is 5.08. The summed E-state index contributed by atoms with van der Waals surface area (Å²) in [4.78, 5) is 2.41. The molecule has 0 radical (unpaired) electrons. The van der Waals surface area contributed by atoms with Gasteiger partial charge < -0.3 is 4.90 Å². The van der Waals surface area contributed by atoms with Crippen LogP contribution in [0.4, 0.5) is 0 Å². The molecule has 1 saturated heterocycles. The molecule has 1 fully saturated rings. The summed E-state index contributed by atoms with van der Waals surface area (Å²) < 4.78 is 26.8. The molecule has 1 aromatic carbocycles. The van der Waals surface area contributed by atoms with Crippen molar-refractivity contribution in [2.24, 2.45) is 0 Å². The van der Waals surface area contributed by atoms with Crippen molar-refractivity contribution in [2.45, 2.75) is 11.8 Å². The molecule has 1 aromatic rings. The van der Waals surface area contributed by atoms with Gasteiger partial charge in [-0.15, -0.1) is 0 Å². The lowest BCUT2D eigenvalue weighted by Gasteiger charge is -2.33. The Morgan fingerprint density at radius 2 is 1.71 bits per heavy atom. The third-order valence-electron chi connectivity index (χ3n) is 3.32. The van der Waals surface area contributed by atoms with Gasteiger partial charge in [-0.3, -0.25) is 10.1 Å². The fraction of sp³-hybridized carbons (Fsp3) is 0.462. The Kier molecular flexibility index (Phi) is 5.15. The molecule has 1 aliphatic heterocycles. The van der Waals surface area contributed by atoms with Gasteiger partial charge in [0.1, 0.15) is 0 Å². The van der Waals surface area contributed by atoms with E-state index in [4.69, 9.17) is 12.2 Å². The summed E-state index contributed by atoms with van der Waals surface area (Å²) in [7, 11) is -1.58. The van der Waals surface area contributed by atoms with Crippen molar-refractivity contribution in [1.82, 2.24) is 20.1 Å². The molecule has 0 bridgehead atoms. The van der Waals surface area contributed by atoms with E-state index >= 15 is 0 Å². The van der Waals surface area contributed by atoms with Crippen molar-refractivity contribution in [3.63, 3.8) is 0 Å². The highest BCUT2D eigenvalue weighted by Gasteiger charge is 2.18. The maximum Gasteiger partial charge on any atom is 0.263 e. The molecule has 0 aromatic heterocycles. The highest BCUT2D eigenvalue weighted by Crippen LogP contribution is 2.09. The molecule has 6 nitrogen and oxygen atoms in total. The van der Waals surface area contributed by atoms with Crippen LogP contribution in [0.3, 0.4) is 0 Å². The zero-order chi connectivity index (χ0) is 15.5. The topological polar surface area (TPSA) is 64.7 Å². The largest absolute Gasteiger partial charge is 0.304 e. The van der Waals surface area contributed by atoms with Crippen molar-refractivity contribution in [3.8, 4) is 0 Å². The Morgan fingerprint density at radius 1 is 1.14 bits per heavy atom. The summed E-state index contributed by atoms with van der Waals surface area (Å²) in [5, 5.41) is 2.01. The van der Waals surface area contributed by atoms with E-state index in [1.54, 1.807) is 24.3 Å². The molecule has 0 saturated carbocycles. The monoisotopic (exact) mass is 328 g/mol. The second-order valence-electron chi connectivity index (χ2n) is 5.15. The van der Waals surface area contributed by atoms with E-state index < -0.39 is 10.0 Å². The Balaban J connectivity index is 1.93. The third-order valence-corrected chi connectivity index (χ3v) is 5.01. The predicted molar refractivity (Wildman–Crippen MR) is 86.3 cm³/mol. The number of likely N-dealkylation sites (N-methyl/N-ethyl adjacent to an activating group) is 1. The molecule has 0 atom stereocenters. The van der Waals surface area contributed by atoms with Gasteiger partial charge in [0, 0.05) is 26.2 Å². The van der Waals surface area contributed by atoms with Crippen LogP contribution in [0.15, 0.2) is 29.2 Å². The fourth-order valence-electron chi connectivity index (χ4n) is 1.98. The van der Waals surface area contributed by atoms with Gasteiger partial charge >= 0.3 is 0 Å². The second kappa shape index (κ2) is 6.69. The van der Waals surface area contributed by atoms with Gasteiger partial charge in [-0.05, 0) is 38.3 Å². The van der Waals surface area contributed by atoms with Crippen LogP contribution in [-0.2, 0) is 10.0 Å². The number of nitrogens with zero attached hydrogens (tertiary/aromatic N) is 2. The molecular formula is C13H20N4O2S2. The lowest BCUT2D eigenvalue weighted by molar-refractivity contribution is 0.131. The molecule has 2 N–H and O–H groups in total. The van der Waals surface area contributed by atoms with Gasteiger partial charge in [-0.25, -0.2) is 13.4 Å². The van der Waals surface area contributed by atoms with E-state index in [2.05, 4.69) is 22.1 Å². The zero-order valence-electron chi connectivity index (χ0n) is 12.2. The normalized spacial score (nSPS) is 17.4. The summed E-state index contributed by atoms with van der Waals surface area (Å²) in [6, 6.07) is 6.64. The average Bonchev–Trinajstić information content (AvgIpc) is 2.41. The predicted octanol–water partition coefficient (Wildman–Crippen LogP) is 0.310. The smallest absolute Gasteiger partial charge is 0.263 e. The number of piperazine rings is 1. The summed E-state index contributed by atoms with van der Waals surface area (Å²) in [6.07, 6.45) is 0. The minimum Gasteiger partial charge on any atom is -0.304 e. The number of aryl methyl sites for hydroxylation is 1. The number of hydrogen-bond acceptors (Lipinski definition) is 5. The maximum atomic E-state index is 12.2. The Bertz CT molecular complexity index is 593. The van der Waals surface area contributed by atoms with E-state index in [0.29, 0.717) is 0 Å². The first-order valence-corrected chi connectivity index (χ1v) is 8.59. The maximum absolute atomic E-state index is 12.2. The lowest BCUT2D eigenvalue weighted by atomic mass is 10.2. The van der Waals surface area contributed by atoms with Gasteiger partial charge in [-0.1, -0.05) is 17.7 Å². The van der Waals surface area contributed by atoms with Crippen LogP contribution in [0, 0.1) is 6.92 Å². The van der Waals surface area contributed by atoms with Crippen molar-refractivity contribution in [2.75, 3.05) is 33.2 Å². The quantitative estimate of drug-likeness (QED) is 0.779. The van der Waals surface area contributed by atoms with Crippen LogP contribution in [0.25, 0.3) is 0 Å². The highest BCUT2D eigenvalue weighted by atomic mass is 32.2. The number of benzene rings is 1. The highest BCUT2D eigenvalue weighted by molar-refractivity contribution is 7.91. The number of hydrogen-bond donors (Lipinski definition) is 2. The van der Waals surface area contributed by atoms with Crippen LogP contribution in [0.5, 0.6) is 0 Å². The van der Waals surface area contributed by atoms with Gasteiger partial charge in [0.25, 0.3) is 10.0 Å². The molecule has 0 aliphatic carbocycles. The molecule has 1 heterocycles. The van der Waals surface area contributed by atoms with Crippen LogP contribution in [0.1, 0.15) is 5.56 Å². The first kappa shape index (κ1) is 16.2. The SMILES string of the molecule is Cc1ccc(S(=O)(=O)NC(=S)NN2CCN(C)CC2)cc1. The Hall–Kier alpha value is -1.22. The lowest BCUT2D eigenvalue weighted by Crippen LogP contribution is -2.55. The van der Waals surface area contributed by atoms with Crippen LogP contribution < -0.4 is 10.1 Å². The molecule has 2 rings (SSSR count). The Morgan fingerprint density at radius 3 is 2.29 bits per heavy atom.